The number of carbonyl (C=O) groups is 1. The molecule has 4 nitrogen and oxygen atoms in total. The van der Waals surface area contributed by atoms with Gasteiger partial charge in [-0.25, -0.2) is 0 Å². The van der Waals surface area contributed by atoms with Gasteiger partial charge in [-0.1, -0.05) is 51.1 Å². The second kappa shape index (κ2) is 7.80. The molecule has 0 saturated carbocycles. The lowest BCUT2D eigenvalue weighted by atomic mass is 9.87. The highest BCUT2D eigenvalue weighted by molar-refractivity contribution is 5.77. The van der Waals surface area contributed by atoms with Crippen LogP contribution in [-0.4, -0.2) is 23.4 Å². The summed E-state index contributed by atoms with van der Waals surface area (Å²) in [6.07, 6.45) is 1.07. The van der Waals surface area contributed by atoms with Crippen LogP contribution in [0.4, 0.5) is 0 Å². The van der Waals surface area contributed by atoms with Crippen LogP contribution >= 0.6 is 0 Å². The van der Waals surface area contributed by atoms with Crippen molar-refractivity contribution < 1.29 is 4.79 Å². The molecule has 2 N–H and O–H groups in total. The van der Waals surface area contributed by atoms with Crippen molar-refractivity contribution in [2.75, 3.05) is 6.54 Å². The van der Waals surface area contributed by atoms with E-state index in [1.54, 1.807) is 4.90 Å². The second-order valence-electron chi connectivity index (χ2n) is 6.62. The minimum atomic E-state index is -0.172. The van der Waals surface area contributed by atoms with E-state index >= 15 is 0 Å². The number of amides is 1. The molecule has 114 valence electrons. The van der Waals surface area contributed by atoms with Gasteiger partial charge >= 0.3 is 0 Å². The molecule has 1 aromatic carbocycles. The molecule has 0 bridgehead atoms. The number of hydrogen-bond acceptors (Lipinski definition) is 3. The van der Waals surface area contributed by atoms with Crippen LogP contribution < -0.4 is 5.73 Å². The molecule has 4 heteroatoms. The van der Waals surface area contributed by atoms with Crippen molar-refractivity contribution in [2.45, 2.75) is 46.2 Å². The number of benzene rings is 1. The van der Waals surface area contributed by atoms with Gasteiger partial charge in [-0.3, -0.25) is 4.79 Å². The topological polar surface area (TPSA) is 70.1 Å². The third-order valence-corrected chi connectivity index (χ3v) is 3.14. The van der Waals surface area contributed by atoms with E-state index in [0.29, 0.717) is 6.54 Å². The van der Waals surface area contributed by atoms with Crippen LogP contribution in [0.3, 0.4) is 0 Å². The summed E-state index contributed by atoms with van der Waals surface area (Å²) in [7, 11) is 0. The molecule has 1 atom stereocenters. The zero-order valence-electron chi connectivity index (χ0n) is 13.2. The fraction of sp³-hybridized carbons (Fsp3) is 0.529. The Morgan fingerprint density at radius 1 is 1.33 bits per heavy atom. The first-order valence-electron chi connectivity index (χ1n) is 7.26. The second-order valence-corrected chi connectivity index (χ2v) is 6.62. The molecule has 0 aliphatic rings. The van der Waals surface area contributed by atoms with Crippen LogP contribution in [0.5, 0.6) is 0 Å². The summed E-state index contributed by atoms with van der Waals surface area (Å²) in [5.41, 5.74) is 7.17. The van der Waals surface area contributed by atoms with Gasteiger partial charge in [-0.15, -0.1) is 0 Å². The highest BCUT2D eigenvalue weighted by Crippen LogP contribution is 2.21. The Bertz CT molecular complexity index is 485. The van der Waals surface area contributed by atoms with Crippen molar-refractivity contribution in [3.63, 3.8) is 0 Å². The van der Waals surface area contributed by atoms with Gasteiger partial charge in [-0.2, -0.15) is 5.26 Å². The predicted octanol–water partition coefficient (Wildman–Crippen LogP) is 2.69. The van der Waals surface area contributed by atoms with E-state index in [-0.39, 0.29) is 30.3 Å². The third-order valence-electron chi connectivity index (χ3n) is 3.14. The SMILES string of the molecule is CC(C)(C)CC(N)CC(=O)N(CC#N)Cc1ccccc1. The first-order valence-corrected chi connectivity index (χ1v) is 7.26. The molecular formula is C17H25N3O. The van der Waals surface area contributed by atoms with Gasteiger partial charge in [0, 0.05) is 19.0 Å². The number of nitrogens with two attached hydrogens (primary N) is 1. The Morgan fingerprint density at radius 3 is 2.48 bits per heavy atom. The normalized spacial score (nSPS) is 12.5. The maximum absolute atomic E-state index is 12.3. The molecule has 1 unspecified atom stereocenters. The molecular weight excluding hydrogens is 262 g/mol. The van der Waals surface area contributed by atoms with Gasteiger partial charge in [0.05, 0.1) is 6.07 Å². The molecule has 1 amide bonds. The summed E-state index contributed by atoms with van der Waals surface area (Å²) < 4.78 is 0. The smallest absolute Gasteiger partial charge is 0.225 e. The van der Waals surface area contributed by atoms with Crippen molar-refractivity contribution >= 4 is 5.91 Å². The Balaban J connectivity index is 2.64. The maximum Gasteiger partial charge on any atom is 0.225 e. The third kappa shape index (κ3) is 6.92. The van der Waals surface area contributed by atoms with Gasteiger partial charge in [0.2, 0.25) is 5.91 Å². The first-order chi connectivity index (χ1) is 9.81. The monoisotopic (exact) mass is 287 g/mol. The Labute approximate surface area is 127 Å². The molecule has 0 fully saturated rings. The fourth-order valence-corrected chi connectivity index (χ4v) is 2.33. The molecule has 0 aromatic heterocycles. The lowest BCUT2D eigenvalue weighted by molar-refractivity contribution is -0.131. The average molecular weight is 287 g/mol. The molecule has 0 heterocycles. The summed E-state index contributed by atoms with van der Waals surface area (Å²) >= 11 is 0. The van der Waals surface area contributed by atoms with Crippen molar-refractivity contribution in [2.24, 2.45) is 11.1 Å². The number of carbonyl (C=O) groups excluding carboxylic acids is 1. The summed E-state index contributed by atoms with van der Waals surface area (Å²) in [4.78, 5) is 13.9. The molecule has 0 aliphatic carbocycles. The van der Waals surface area contributed by atoms with Gasteiger partial charge in [0.15, 0.2) is 0 Å². The Hall–Kier alpha value is -1.86. The fourth-order valence-electron chi connectivity index (χ4n) is 2.33. The van der Waals surface area contributed by atoms with Crippen LogP contribution in [0.2, 0.25) is 0 Å². The van der Waals surface area contributed by atoms with E-state index in [9.17, 15) is 4.79 Å². The summed E-state index contributed by atoms with van der Waals surface area (Å²) in [5.74, 6) is -0.0582. The number of hydrogen-bond donors (Lipinski definition) is 1. The zero-order chi connectivity index (χ0) is 15.9. The first kappa shape index (κ1) is 17.2. The highest BCUT2D eigenvalue weighted by Gasteiger charge is 2.21. The largest absolute Gasteiger partial charge is 0.327 e. The van der Waals surface area contributed by atoms with E-state index in [2.05, 4.69) is 26.8 Å². The van der Waals surface area contributed by atoms with E-state index in [0.717, 1.165) is 12.0 Å². The van der Waals surface area contributed by atoms with Crippen molar-refractivity contribution in [1.82, 2.24) is 4.90 Å². The molecule has 0 radical (unpaired) electrons. The van der Waals surface area contributed by atoms with E-state index in [1.165, 1.54) is 0 Å². The van der Waals surface area contributed by atoms with Gasteiger partial charge in [0.1, 0.15) is 6.54 Å². The van der Waals surface area contributed by atoms with Crippen molar-refractivity contribution in [1.29, 1.82) is 5.26 Å². The molecule has 0 spiro atoms. The minimum Gasteiger partial charge on any atom is -0.327 e. The van der Waals surface area contributed by atoms with Gasteiger partial charge in [0.25, 0.3) is 0 Å². The maximum atomic E-state index is 12.3. The molecule has 1 rings (SSSR count). The van der Waals surface area contributed by atoms with Gasteiger partial charge < -0.3 is 10.6 Å². The van der Waals surface area contributed by atoms with Gasteiger partial charge in [-0.05, 0) is 17.4 Å². The van der Waals surface area contributed by atoms with Crippen LogP contribution in [0.25, 0.3) is 0 Å². The summed E-state index contributed by atoms with van der Waals surface area (Å²) in [6, 6.07) is 11.6. The standard InChI is InChI=1S/C17H25N3O/c1-17(2,3)12-15(19)11-16(21)20(10-9-18)13-14-7-5-4-6-8-14/h4-8,15H,10-13,19H2,1-3H3. The number of rotatable bonds is 6. The summed E-state index contributed by atoms with van der Waals surface area (Å²) in [5, 5.41) is 8.91. The lowest BCUT2D eigenvalue weighted by Gasteiger charge is -2.25. The van der Waals surface area contributed by atoms with Crippen LogP contribution in [0, 0.1) is 16.7 Å². The van der Waals surface area contributed by atoms with E-state index < -0.39 is 0 Å². The van der Waals surface area contributed by atoms with Crippen molar-refractivity contribution in [3.8, 4) is 6.07 Å². The van der Waals surface area contributed by atoms with Crippen LogP contribution in [0.15, 0.2) is 30.3 Å². The Kier molecular flexibility index (Phi) is 6.39. The predicted molar refractivity (Wildman–Crippen MR) is 84.1 cm³/mol. The average Bonchev–Trinajstić information content (AvgIpc) is 2.37. The van der Waals surface area contributed by atoms with Crippen LogP contribution in [0.1, 0.15) is 39.2 Å². The lowest BCUT2D eigenvalue weighted by Crippen LogP contribution is -2.37. The van der Waals surface area contributed by atoms with E-state index in [1.807, 2.05) is 30.3 Å². The Morgan fingerprint density at radius 2 is 1.95 bits per heavy atom. The quantitative estimate of drug-likeness (QED) is 0.818. The summed E-state index contributed by atoms with van der Waals surface area (Å²) in [6.45, 7) is 6.86. The molecule has 0 aliphatic heterocycles. The van der Waals surface area contributed by atoms with Crippen LogP contribution in [-0.2, 0) is 11.3 Å². The molecule has 0 saturated heterocycles. The zero-order valence-corrected chi connectivity index (χ0v) is 13.2. The van der Waals surface area contributed by atoms with E-state index in [4.69, 9.17) is 11.0 Å². The molecule has 21 heavy (non-hydrogen) atoms. The van der Waals surface area contributed by atoms with Crippen molar-refractivity contribution in [3.05, 3.63) is 35.9 Å². The molecule has 1 aromatic rings. The number of nitrogens with zero attached hydrogens (tertiary/aromatic N) is 2. The highest BCUT2D eigenvalue weighted by atomic mass is 16.2. The minimum absolute atomic E-state index is 0.0582. The number of nitriles is 1.